The maximum absolute atomic E-state index is 12.8. The number of halogens is 4. The Morgan fingerprint density at radius 3 is 2.50 bits per heavy atom. The number of carbonyl (C=O) groups is 1. The van der Waals surface area contributed by atoms with Gasteiger partial charge in [0.15, 0.2) is 0 Å². The number of nitrogens with zero attached hydrogens (tertiary/aromatic N) is 1. The number of carbonyl (C=O) groups excluding carboxylic acids is 1. The molecule has 3 nitrogen and oxygen atoms in total. The molecule has 136 valence electrons. The molecule has 0 atom stereocenters. The van der Waals surface area contributed by atoms with Crippen molar-refractivity contribution in [1.82, 2.24) is 4.57 Å². The molecule has 0 spiro atoms. The number of Topliss-reactive ketones (excluding diaryl/α,β-unsaturated/α-hetero) is 1. The molecule has 26 heavy (non-hydrogen) atoms. The van der Waals surface area contributed by atoms with Gasteiger partial charge in [-0.15, -0.1) is 0 Å². The number of rotatable bonds is 6. The number of fused-ring (bicyclic) bond motifs is 1. The molecule has 1 heterocycles. The van der Waals surface area contributed by atoms with Gasteiger partial charge in [-0.25, -0.2) is 0 Å². The summed E-state index contributed by atoms with van der Waals surface area (Å²) in [5.41, 5.74) is 0.248. The van der Waals surface area contributed by atoms with E-state index in [1.807, 2.05) is 0 Å². The summed E-state index contributed by atoms with van der Waals surface area (Å²) in [7, 11) is 0. The number of para-hydroxylation sites is 2. The molecule has 3 aromatic rings. The molecule has 3 rings (SSSR count). The average Bonchev–Trinajstić information content (AvgIpc) is 2.97. The number of ether oxygens (including phenoxy) is 1. The molecule has 2 aromatic carbocycles. The molecular weight excluding hydrogens is 367 g/mol. The van der Waals surface area contributed by atoms with Crippen LogP contribution in [0.3, 0.4) is 0 Å². The Bertz CT molecular complexity index is 934. The van der Waals surface area contributed by atoms with Crippen molar-refractivity contribution in [2.24, 2.45) is 0 Å². The van der Waals surface area contributed by atoms with Crippen molar-refractivity contribution in [3.8, 4) is 5.75 Å². The maximum Gasteiger partial charge on any atom is 0.454 e. The van der Waals surface area contributed by atoms with Crippen LogP contribution in [0.25, 0.3) is 10.9 Å². The normalized spacial score (nSPS) is 11.7. The van der Waals surface area contributed by atoms with Gasteiger partial charge in [-0.05, 0) is 24.6 Å². The van der Waals surface area contributed by atoms with E-state index in [-0.39, 0.29) is 5.56 Å². The maximum atomic E-state index is 12.8. The van der Waals surface area contributed by atoms with Crippen LogP contribution in [0.1, 0.15) is 16.8 Å². The first-order valence-corrected chi connectivity index (χ1v) is 8.32. The van der Waals surface area contributed by atoms with Crippen LogP contribution in [0.15, 0.2) is 54.7 Å². The highest BCUT2D eigenvalue weighted by Gasteiger charge is 2.40. The van der Waals surface area contributed by atoms with E-state index in [9.17, 15) is 18.0 Å². The van der Waals surface area contributed by atoms with Gasteiger partial charge >= 0.3 is 6.18 Å². The molecule has 0 unspecified atom stereocenters. The third-order valence-corrected chi connectivity index (χ3v) is 4.24. The summed E-state index contributed by atoms with van der Waals surface area (Å²) in [6.07, 6.45) is -3.10. The van der Waals surface area contributed by atoms with E-state index in [0.717, 1.165) is 0 Å². The number of benzene rings is 2. The second-order valence-corrected chi connectivity index (χ2v) is 6.12. The first kappa shape index (κ1) is 18.3. The summed E-state index contributed by atoms with van der Waals surface area (Å²) in [4.78, 5) is 11.7. The molecule has 0 aliphatic rings. The summed E-state index contributed by atoms with van der Waals surface area (Å²) < 4.78 is 45.7. The predicted octanol–water partition coefficient (Wildman–Crippen LogP) is 5.51. The minimum atomic E-state index is -4.90. The lowest BCUT2D eigenvalue weighted by molar-refractivity contribution is -0.0884. The summed E-state index contributed by atoms with van der Waals surface area (Å²) in [5.74, 6) is -1.28. The minimum absolute atomic E-state index is 0.293. The van der Waals surface area contributed by atoms with Gasteiger partial charge in [0.05, 0.1) is 17.2 Å². The number of ketones is 1. The lowest BCUT2D eigenvalue weighted by atomic mass is 10.1. The number of hydrogen-bond donors (Lipinski definition) is 0. The van der Waals surface area contributed by atoms with E-state index in [4.69, 9.17) is 16.3 Å². The van der Waals surface area contributed by atoms with E-state index in [1.54, 1.807) is 47.0 Å². The van der Waals surface area contributed by atoms with Crippen LogP contribution < -0.4 is 4.74 Å². The third-order valence-electron chi connectivity index (χ3n) is 3.93. The van der Waals surface area contributed by atoms with Crippen LogP contribution >= 0.6 is 11.6 Å². The van der Waals surface area contributed by atoms with Crippen LogP contribution in [0.2, 0.25) is 5.02 Å². The van der Waals surface area contributed by atoms with Crippen LogP contribution in [-0.2, 0) is 6.54 Å². The van der Waals surface area contributed by atoms with E-state index in [1.165, 1.54) is 12.3 Å². The summed E-state index contributed by atoms with van der Waals surface area (Å²) in [6, 6.07) is 13.6. The Morgan fingerprint density at radius 2 is 1.77 bits per heavy atom. The largest absolute Gasteiger partial charge is 0.492 e. The van der Waals surface area contributed by atoms with Crippen molar-refractivity contribution >= 4 is 28.3 Å². The van der Waals surface area contributed by atoms with Crippen molar-refractivity contribution in [2.75, 3.05) is 6.61 Å². The van der Waals surface area contributed by atoms with Crippen LogP contribution in [-0.4, -0.2) is 23.1 Å². The highest BCUT2D eigenvalue weighted by atomic mass is 35.5. The second kappa shape index (κ2) is 7.41. The second-order valence-electron chi connectivity index (χ2n) is 5.71. The Balaban J connectivity index is 1.74. The van der Waals surface area contributed by atoms with Gasteiger partial charge < -0.3 is 9.30 Å². The summed E-state index contributed by atoms with van der Waals surface area (Å²) >= 11 is 6.00. The molecule has 0 saturated heterocycles. The molecule has 0 fully saturated rings. The van der Waals surface area contributed by atoms with Crippen molar-refractivity contribution in [1.29, 1.82) is 0 Å². The molecule has 0 bridgehead atoms. The molecule has 0 radical (unpaired) electrons. The summed E-state index contributed by atoms with van der Waals surface area (Å²) in [5, 5.41) is 0.791. The fourth-order valence-electron chi connectivity index (χ4n) is 2.74. The number of alkyl halides is 3. The van der Waals surface area contributed by atoms with Crippen molar-refractivity contribution in [3.05, 3.63) is 65.3 Å². The van der Waals surface area contributed by atoms with Crippen molar-refractivity contribution in [2.45, 2.75) is 19.1 Å². The van der Waals surface area contributed by atoms with E-state index >= 15 is 0 Å². The molecule has 0 amide bonds. The molecule has 0 aliphatic carbocycles. The molecule has 0 aliphatic heterocycles. The highest BCUT2D eigenvalue weighted by molar-refractivity contribution is 6.32. The smallest absolute Gasteiger partial charge is 0.454 e. The summed E-state index contributed by atoms with van der Waals surface area (Å²) in [6.45, 7) is 0.759. The van der Waals surface area contributed by atoms with Crippen LogP contribution in [0.5, 0.6) is 5.75 Å². The van der Waals surface area contributed by atoms with E-state index in [0.29, 0.717) is 41.2 Å². The first-order chi connectivity index (χ1) is 12.4. The standard InChI is InChI=1S/C19H15ClF3NO2/c20-15-7-2-4-9-17(15)26-11-5-10-24-12-14(18(25)19(21,22)23)13-6-1-3-8-16(13)24/h1-4,6-9,12H,5,10-11H2. The Kier molecular flexibility index (Phi) is 5.23. The lowest BCUT2D eigenvalue weighted by Gasteiger charge is -2.09. The third kappa shape index (κ3) is 3.85. The SMILES string of the molecule is O=C(c1cn(CCCOc2ccccc2Cl)c2ccccc12)C(F)(F)F. The number of aromatic nitrogens is 1. The van der Waals surface area contributed by atoms with Gasteiger partial charge in [-0.1, -0.05) is 41.9 Å². The van der Waals surface area contributed by atoms with Crippen molar-refractivity contribution in [3.63, 3.8) is 0 Å². The van der Waals surface area contributed by atoms with Crippen molar-refractivity contribution < 1.29 is 22.7 Å². The zero-order valence-electron chi connectivity index (χ0n) is 13.6. The van der Waals surface area contributed by atoms with Gasteiger partial charge in [0.2, 0.25) is 0 Å². The quantitative estimate of drug-likeness (QED) is 0.416. The van der Waals surface area contributed by atoms with Gasteiger partial charge in [0.1, 0.15) is 5.75 Å². The fraction of sp³-hybridized carbons (Fsp3) is 0.211. The molecule has 7 heteroatoms. The number of hydrogen-bond acceptors (Lipinski definition) is 2. The Morgan fingerprint density at radius 1 is 1.08 bits per heavy atom. The number of aryl methyl sites for hydroxylation is 1. The fourth-order valence-corrected chi connectivity index (χ4v) is 2.93. The zero-order chi connectivity index (χ0) is 18.7. The highest BCUT2D eigenvalue weighted by Crippen LogP contribution is 2.29. The Hall–Kier alpha value is -2.47. The molecule has 1 aromatic heterocycles. The van der Waals surface area contributed by atoms with Crippen LogP contribution in [0.4, 0.5) is 13.2 Å². The monoisotopic (exact) mass is 381 g/mol. The molecule has 0 saturated carbocycles. The van der Waals surface area contributed by atoms with E-state index in [2.05, 4.69) is 0 Å². The lowest BCUT2D eigenvalue weighted by Crippen LogP contribution is -2.22. The van der Waals surface area contributed by atoms with Gasteiger partial charge in [-0.2, -0.15) is 13.2 Å². The predicted molar refractivity (Wildman–Crippen MR) is 93.9 cm³/mol. The topological polar surface area (TPSA) is 31.2 Å². The van der Waals surface area contributed by atoms with Gasteiger partial charge in [0.25, 0.3) is 5.78 Å². The average molecular weight is 382 g/mol. The van der Waals surface area contributed by atoms with Crippen LogP contribution in [0, 0.1) is 0 Å². The first-order valence-electron chi connectivity index (χ1n) is 7.94. The van der Waals surface area contributed by atoms with Gasteiger partial charge in [-0.3, -0.25) is 4.79 Å². The Labute approximate surface area is 152 Å². The zero-order valence-corrected chi connectivity index (χ0v) is 14.3. The molecule has 0 N–H and O–H groups in total. The molecular formula is C19H15ClF3NO2. The van der Waals surface area contributed by atoms with Gasteiger partial charge in [0, 0.05) is 23.6 Å². The van der Waals surface area contributed by atoms with E-state index < -0.39 is 12.0 Å². The minimum Gasteiger partial charge on any atom is -0.492 e.